The molecule has 1 rings (SSSR count). The number of hydrogen-bond donors (Lipinski definition) is 0. The Hall–Kier alpha value is -1.33. The SMILES string of the molecule is CN(C)CCN(C)CC(=O)c1cc(F)ccc1F. The number of benzene rings is 1. The number of likely N-dealkylation sites (N-methyl/N-ethyl adjacent to an activating group) is 2. The second-order valence-electron chi connectivity index (χ2n) is 4.59. The lowest BCUT2D eigenvalue weighted by Crippen LogP contribution is -2.32. The minimum absolute atomic E-state index is 0.0776. The molecule has 1 aromatic carbocycles. The Morgan fingerprint density at radius 3 is 2.44 bits per heavy atom. The summed E-state index contributed by atoms with van der Waals surface area (Å²) in [5.74, 6) is -1.69. The molecule has 0 unspecified atom stereocenters. The number of ketones is 1. The molecular formula is C13H18F2N2O. The minimum Gasteiger partial charge on any atom is -0.308 e. The Kier molecular flexibility index (Phi) is 5.37. The Morgan fingerprint density at radius 2 is 1.83 bits per heavy atom. The third-order valence-electron chi connectivity index (χ3n) is 2.57. The molecule has 0 aliphatic heterocycles. The van der Waals surface area contributed by atoms with Gasteiger partial charge in [-0.1, -0.05) is 0 Å². The smallest absolute Gasteiger partial charge is 0.179 e. The average Bonchev–Trinajstić information content (AvgIpc) is 2.29. The molecule has 3 nitrogen and oxygen atoms in total. The fraction of sp³-hybridized carbons (Fsp3) is 0.462. The summed E-state index contributed by atoms with van der Waals surface area (Å²) >= 11 is 0. The van der Waals surface area contributed by atoms with E-state index in [4.69, 9.17) is 0 Å². The number of carbonyl (C=O) groups is 1. The van der Waals surface area contributed by atoms with E-state index in [0.29, 0.717) is 6.54 Å². The molecule has 0 N–H and O–H groups in total. The maximum absolute atomic E-state index is 13.4. The highest BCUT2D eigenvalue weighted by Gasteiger charge is 2.14. The largest absolute Gasteiger partial charge is 0.308 e. The summed E-state index contributed by atoms with van der Waals surface area (Å²) < 4.78 is 26.3. The zero-order chi connectivity index (χ0) is 13.7. The van der Waals surface area contributed by atoms with Crippen LogP contribution >= 0.6 is 0 Å². The molecule has 0 aliphatic carbocycles. The van der Waals surface area contributed by atoms with Crippen LogP contribution in [-0.4, -0.2) is 56.4 Å². The van der Waals surface area contributed by atoms with Gasteiger partial charge in [0.1, 0.15) is 11.6 Å². The summed E-state index contributed by atoms with van der Waals surface area (Å²) in [7, 11) is 5.64. The van der Waals surface area contributed by atoms with Gasteiger partial charge in [-0.25, -0.2) is 8.78 Å². The zero-order valence-corrected chi connectivity index (χ0v) is 10.9. The molecule has 0 spiro atoms. The van der Waals surface area contributed by atoms with Crippen LogP contribution in [0.25, 0.3) is 0 Å². The fourth-order valence-corrected chi connectivity index (χ4v) is 1.49. The number of halogens is 2. The molecule has 0 saturated carbocycles. The molecule has 0 aliphatic rings. The van der Waals surface area contributed by atoms with Gasteiger partial charge >= 0.3 is 0 Å². The second kappa shape index (κ2) is 6.56. The van der Waals surface area contributed by atoms with Crippen molar-refractivity contribution in [1.82, 2.24) is 9.80 Å². The number of carbonyl (C=O) groups excluding carboxylic acids is 1. The van der Waals surface area contributed by atoms with Crippen molar-refractivity contribution in [2.24, 2.45) is 0 Å². The summed E-state index contributed by atoms with van der Waals surface area (Å²) in [6, 6.07) is 2.92. The first-order chi connectivity index (χ1) is 8.40. The van der Waals surface area contributed by atoms with E-state index in [0.717, 1.165) is 24.7 Å². The van der Waals surface area contributed by atoms with Crippen molar-refractivity contribution in [3.8, 4) is 0 Å². The molecule has 0 amide bonds. The first-order valence-electron chi connectivity index (χ1n) is 5.71. The Morgan fingerprint density at radius 1 is 1.17 bits per heavy atom. The van der Waals surface area contributed by atoms with Gasteiger partial charge in [0.05, 0.1) is 12.1 Å². The summed E-state index contributed by atoms with van der Waals surface area (Å²) in [5, 5.41) is 0. The highest BCUT2D eigenvalue weighted by molar-refractivity contribution is 5.97. The van der Waals surface area contributed by atoms with Crippen molar-refractivity contribution in [2.75, 3.05) is 40.8 Å². The van der Waals surface area contributed by atoms with Crippen molar-refractivity contribution in [1.29, 1.82) is 0 Å². The van der Waals surface area contributed by atoms with E-state index in [-0.39, 0.29) is 12.1 Å². The van der Waals surface area contributed by atoms with E-state index in [1.807, 2.05) is 19.0 Å². The topological polar surface area (TPSA) is 23.6 Å². The predicted molar refractivity (Wildman–Crippen MR) is 66.7 cm³/mol. The van der Waals surface area contributed by atoms with Gasteiger partial charge < -0.3 is 4.90 Å². The third-order valence-corrected chi connectivity index (χ3v) is 2.57. The molecule has 1 aromatic rings. The maximum Gasteiger partial charge on any atom is 0.179 e. The van der Waals surface area contributed by atoms with Crippen LogP contribution < -0.4 is 0 Å². The van der Waals surface area contributed by atoms with Gasteiger partial charge in [0.2, 0.25) is 0 Å². The Bertz CT molecular complexity index is 421. The summed E-state index contributed by atoms with van der Waals surface area (Å²) in [4.78, 5) is 15.6. The quantitative estimate of drug-likeness (QED) is 0.723. The van der Waals surface area contributed by atoms with E-state index >= 15 is 0 Å². The molecule has 0 bridgehead atoms. The number of nitrogens with zero attached hydrogens (tertiary/aromatic N) is 2. The minimum atomic E-state index is -0.678. The van der Waals surface area contributed by atoms with Crippen molar-refractivity contribution >= 4 is 5.78 Å². The van der Waals surface area contributed by atoms with Crippen LogP contribution in [0.1, 0.15) is 10.4 Å². The lowest BCUT2D eigenvalue weighted by molar-refractivity contribution is 0.0938. The molecular weight excluding hydrogens is 238 g/mol. The average molecular weight is 256 g/mol. The molecule has 0 radical (unpaired) electrons. The fourth-order valence-electron chi connectivity index (χ4n) is 1.49. The van der Waals surface area contributed by atoms with Crippen molar-refractivity contribution < 1.29 is 13.6 Å². The molecule has 0 fully saturated rings. The standard InChI is InChI=1S/C13H18F2N2O/c1-16(2)6-7-17(3)9-13(18)11-8-10(14)4-5-12(11)15/h4-5,8H,6-7,9H2,1-3H3. The van der Waals surface area contributed by atoms with E-state index < -0.39 is 17.4 Å². The van der Waals surface area contributed by atoms with Crippen molar-refractivity contribution in [3.05, 3.63) is 35.4 Å². The van der Waals surface area contributed by atoms with Gasteiger partial charge in [0, 0.05) is 13.1 Å². The van der Waals surface area contributed by atoms with E-state index in [2.05, 4.69) is 0 Å². The first kappa shape index (κ1) is 14.7. The molecule has 0 atom stereocenters. The molecule has 0 aromatic heterocycles. The number of rotatable bonds is 6. The maximum atomic E-state index is 13.4. The van der Waals surface area contributed by atoms with Crippen LogP contribution in [-0.2, 0) is 0 Å². The van der Waals surface area contributed by atoms with Gasteiger partial charge in [-0.2, -0.15) is 0 Å². The molecule has 0 saturated heterocycles. The number of hydrogen-bond acceptors (Lipinski definition) is 3. The van der Waals surface area contributed by atoms with E-state index in [1.54, 1.807) is 11.9 Å². The molecule has 100 valence electrons. The van der Waals surface area contributed by atoms with Gasteiger partial charge in [0.25, 0.3) is 0 Å². The molecule has 5 heteroatoms. The highest BCUT2D eigenvalue weighted by Crippen LogP contribution is 2.10. The van der Waals surface area contributed by atoms with Gasteiger partial charge in [0.15, 0.2) is 5.78 Å². The summed E-state index contributed by atoms with van der Waals surface area (Å²) in [6.45, 7) is 1.57. The Labute approximate surface area is 106 Å². The summed E-state index contributed by atoms with van der Waals surface area (Å²) in [5.41, 5.74) is -0.188. The van der Waals surface area contributed by atoms with Crippen molar-refractivity contribution in [3.63, 3.8) is 0 Å². The van der Waals surface area contributed by atoms with Gasteiger partial charge in [-0.3, -0.25) is 9.69 Å². The van der Waals surface area contributed by atoms with Gasteiger partial charge in [-0.05, 0) is 39.3 Å². The van der Waals surface area contributed by atoms with Crippen LogP contribution in [0.5, 0.6) is 0 Å². The summed E-state index contributed by atoms with van der Waals surface area (Å²) in [6.07, 6.45) is 0. The van der Waals surface area contributed by atoms with Crippen LogP contribution in [0.3, 0.4) is 0 Å². The molecule has 18 heavy (non-hydrogen) atoms. The van der Waals surface area contributed by atoms with Crippen LogP contribution in [0.15, 0.2) is 18.2 Å². The normalized spacial score (nSPS) is 11.3. The van der Waals surface area contributed by atoms with E-state index in [1.165, 1.54) is 0 Å². The van der Waals surface area contributed by atoms with Gasteiger partial charge in [-0.15, -0.1) is 0 Å². The lowest BCUT2D eigenvalue weighted by atomic mass is 10.1. The zero-order valence-electron chi connectivity index (χ0n) is 10.9. The lowest BCUT2D eigenvalue weighted by Gasteiger charge is -2.18. The third kappa shape index (κ3) is 4.50. The Balaban J connectivity index is 2.62. The monoisotopic (exact) mass is 256 g/mol. The second-order valence-corrected chi connectivity index (χ2v) is 4.59. The van der Waals surface area contributed by atoms with Crippen LogP contribution in [0.2, 0.25) is 0 Å². The predicted octanol–water partition coefficient (Wildman–Crippen LogP) is 1.64. The first-order valence-corrected chi connectivity index (χ1v) is 5.71. The van der Waals surface area contributed by atoms with Crippen LogP contribution in [0, 0.1) is 11.6 Å². The number of Topliss-reactive ketones (excluding diaryl/α,β-unsaturated/α-hetero) is 1. The van der Waals surface area contributed by atoms with Crippen LogP contribution in [0.4, 0.5) is 8.78 Å². The van der Waals surface area contributed by atoms with E-state index in [9.17, 15) is 13.6 Å². The van der Waals surface area contributed by atoms with Crippen molar-refractivity contribution in [2.45, 2.75) is 0 Å². The molecule has 0 heterocycles. The highest BCUT2D eigenvalue weighted by atomic mass is 19.1.